The lowest BCUT2D eigenvalue weighted by Gasteiger charge is -2.38. The Balaban J connectivity index is 1.58. The summed E-state index contributed by atoms with van der Waals surface area (Å²) in [6.45, 7) is 3.65. The van der Waals surface area contributed by atoms with E-state index in [0.29, 0.717) is 13.1 Å². The number of aliphatic hydroxyl groups excluding tert-OH is 1. The van der Waals surface area contributed by atoms with Gasteiger partial charge in [0.25, 0.3) is 0 Å². The summed E-state index contributed by atoms with van der Waals surface area (Å²) in [7, 11) is 0. The van der Waals surface area contributed by atoms with Crippen molar-refractivity contribution in [2.45, 2.75) is 38.3 Å². The van der Waals surface area contributed by atoms with Gasteiger partial charge in [-0.25, -0.2) is 4.79 Å². The van der Waals surface area contributed by atoms with E-state index in [4.69, 9.17) is 5.73 Å². The molecule has 2 atom stereocenters. The second-order valence-electron chi connectivity index (χ2n) is 6.94. The summed E-state index contributed by atoms with van der Waals surface area (Å²) in [6.07, 6.45) is 2.48. The molecule has 0 unspecified atom stereocenters. The van der Waals surface area contributed by atoms with E-state index in [9.17, 15) is 9.90 Å². The van der Waals surface area contributed by atoms with E-state index in [1.54, 1.807) is 0 Å². The lowest BCUT2D eigenvalue weighted by Crippen LogP contribution is -2.51. The van der Waals surface area contributed by atoms with Crippen molar-refractivity contribution in [3.8, 4) is 0 Å². The predicted octanol–water partition coefficient (Wildman–Crippen LogP) is 1.42. The molecule has 3 rings (SSSR count). The van der Waals surface area contributed by atoms with Gasteiger partial charge in [-0.15, -0.1) is 0 Å². The minimum atomic E-state index is -0.132. The highest BCUT2D eigenvalue weighted by Crippen LogP contribution is 2.31. The van der Waals surface area contributed by atoms with Crippen LogP contribution in [-0.4, -0.2) is 41.8 Å². The molecule has 22 heavy (non-hydrogen) atoms. The van der Waals surface area contributed by atoms with E-state index in [1.807, 2.05) is 23.1 Å². The molecule has 0 saturated carbocycles. The van der Waals surface area contributed by atoms with E-state index in [0.717, 1.165) is 24.8 Å². The van der Waals surface area contributed by atoms with Gasteiger partial charge in [0.05, 0.1) is 12.1 Å². The SMILES string of the molecule is CC1(CO)CCN(C(=O)N[C@@H]2Cc3ccccc3[C@H]2N)CC1. The number of hydrogen-bond donors (Lipinski definition) is 3. The fraction of sp³-hybridized carbons (Fsp3) is 0.588. The molecule has 1 fully saturated rings. The van der Waals surface area contributed by atoms with Crippen molar-refractivity contribution in [2.24, 2.45) is 11.1 Å². The molecule has 1 saturated heterocycles. The fourth-order valence-corrected chi connectivity index (χ4v) is 3.42. The average Bonchev–Trinajstić information content (AvgIpc) is 2.84. The molecule has 1 aromatic rings. The molecule has 5 nitrogen and oxygen atoms in total. The number of carbonyl (C=O) groups excluding carboxylic acids is 1. The van der Waals surface area contributed by atoms with Crippen molar-refractivity contribution >= 4 is 6.03 Å². The Labute approximate surface area is 131 Å². The van der Waals surface area contributed by atoms with Gasteiger partial charge in [0.15, 0.2) is 0 Å². The van der Waals surface area contributed by atoms with Crippen LogP contribution in [0.3, 0.4) is 0 Å². The topological polar surface area (TPSA) is 78.6 Å². The van der Waals surface area contributed by atoms with Gasteiger partial charge >= 0.3 is 6.03 Å². The fourth-order valence-electron chi connectivity index (χ4n) is 3.42. The molecule has 1 heterocycles. The molecule has 2 aliphatic rings. The van der Waals surface area contributed by atoms with Crippen LogP contribution >= 0.6 is 0 Å². The number of nitrogens with zero attached hydrogens (tertiary/aromatic N) is 1. The first-order valence-corrected chi connectivity index (χ1v) is 8.02. The highest BCUT2D eigenvalue weighted by molar-refractivity contribution is 5.75. The summed E-state index contributed by atoms with van der Waals surface area (Å²) in [5, 5.41) is 12.5. The number of benzene rings is 1. The third-order valence-corrected chi connectivity index (χ3v) is 5.24. The summed E-state index contributed by atoms with van der Waals surface area (Å²) < 4.78 is 0. The first-order valence-electron chi connectivity index (χ1n) is 8.02. The number of fused-ring (bicyclic) bond motifs is 1. The lowest BCUT2D eigenvalue weighted by atomic mass is 9.81. The van der Waals surface area contributed by atoms with Gasteiger partial charge in [-0.1, -0.05) is 31.2 Å². The smallest absolute Gasteiger partial charge is 0.317 e. The molecule has 120 valence electrons. The Morgan fingerprint density at radius 1 is 1.41 bits per heavy atom. The third-order valence-electron chi connectivity index (χ3n) is 5.24. The Morgan fingerprint density at radius 3 is 2.73 bits per heavy atom. The third kappa shape index (κ3) is 2.83. The zero-order valence-corrected chi connectivity index (χ0v) is 13.1. The molecule has 0 radical (unpaired) electrons. The molecule has 0 aromatic heterocycles. The molecule has 5 heteroatoms. The number of nitrogens with one attached hydrogen (secondary N) is 1. The number of carbonyl (C=O) groups is 1. The standard InChI is InChI=1S/C17H25N3O2/c1-17(11-21)6-8-20(9-7-17)16(22)19-14-10-12-4-2-3-5-13(12)15(14)18/h2-5,14-15,21H,6-11,18H2,1H3,(H,19,22)/t14-,15-/m1/s1. The minimum Gasteiger partial charge on any atom is -0.396 e. The second-order valence-corrected chi connectivity index (χ2v) is 6.94. The van der Waals surface area contributed by atoms with Gasteiger partial charge in [0.1, 0.15) is 0 Å². The van der Waals surface area contributed by atoms with Crippen molar-refractivity contribution in [3.05, 3.63) is 35.4 Å². The van der Waals surface area contributed by atoms with Crippen LogP contribution in [0.5, 0.6) is 0 Å². The Bertz CT molecular complexity index is 553. The largest absolute Gasteiger partial charge is 0.396 e. The molecule has 1 aliphatic carbocycles. The van der Waals surface area contributed by atoms with Gasteiger partial charge in [-0.05, 0) is 35.8 Å². The number of likely N-dealkylation sites (tertiary alicyclic amines) is 1. The molecule has 1 aromatic carbocycles. The van der Waals surface area contributed by atoms with Gasteiger partial charge in [0.2, 0.25) is 0 Å². The number of hydrogen-bond acceptors (Lipinski definition) is 3. The molecular weight excluding hydrogens is 278 g/mol. The van der Waals surface area contributed by atoms with Gasteiger partial charge < -0.3 is 21.1 Å². The van der Waals surface area contributed by atoms with E-state index in [-0.39, 0.29) is 30.1 Å². The summed E-state index contributed by atoms with van der Waals surface area (Å²) in [5.41, 5.74) is 8.59. The van der Waals surface area contributed by atoms with E-state index < -0.39 is 0 Å². The zero-order valence-electron chi connectivity index (χ0n) is 13.1. The van der Waals surface area contributed by atoms with Gasteiger partial charge in [-0.3, -0.25) is 0 Å². The van der Waals surface area contributed by atoms with Crippen LogP contribution in [0.15, 0.2) is 24.3 Å². The number of amides is 2. The van der Waals surface area contributed by atoms with Crippen LogP contribution < -0.4 is 11.1 Å². The maximum atomic E-state index is 12.4. The summed E-state index contributed by atoms with van der Waals surface area (Å²) in [5.74, 6) is 0. The van der Waals surface area contributed by atoms with Crippen molar-refractivity contribution in [1.82, 2.24) is 10.2 Å². The molecule has 0 bridgehead atoms. The normalized spacial score (nSPS) is 26.6. The number of aliphatic hydroxyl groups is 1. The van der Waals surface area contributed by atoms with Crippen molar-refractivity contribution < 1.29 is 9.90 Å². The van der Waals surface area contributed by atoms with Crippen LogP contribution in [0.2, 0.25) is 0 Å². The first-order chi connectivity index (χ1) is 10.5. The van der Waals surface area contributed by atoms with E-state index >= 15 is 0 Å². The van der Waals surface area contributed by atoms with Gasteiger partial charge in [0, 0.05) is 19.7 Å². The van der Waals surface area contributed by atoms with E-state index in [1.165, 1.54) is 5.56 Å². The van der Waals surface area contributed by atoms with Crippen LogP contribution in [0, 0.1) is 5.41 Å². The molecular formula is C17H25N3O2. The summed E-state index contributed by atoms with van der Waals surface area (Å²) in [4.78, 5) is 14.3. The second kappa shape index (κ2) is 5.89. The summed E-state index contributed by atoms with van der Waals surface area (Å²) in [6, 6.07) is 7.92. The predicted molar refractivity (Wildman–Crippen MR) is 85.4 cm³/mol. The number of rotatable bonds is 2. The maximum Gasteiger partial charge on any atom is 0.317 e. The van der Waals surface area contributed by atoms with E-state index in [2.05, 4.69) is 18.3 Å². The van der Waals surface area contributed by atoms with Crippen molar-refractivity contribution in [2.75, 3.05) is 19.7 Å². The molecule has 1 aliphatic heterocycles. The van der Waals surface area contributed by atoms with Gasteiger partial charge in [-0.2, -0.15) is 0 Å². The monoisotopic (exact) mass is 303 g/mol. The van der Waals surface area contributed by atoms with Crippen LogP contribution in [-0.2, 0) is 6.42 Å². The highest BCUT2D eigenvalue weighted by atomic mass is 16.3. The maximum absolute atomic E-state index is 12.4. The lowest BCUT2D eigenvalue weighted by molar-refractivity contribution is 0.0693. The van der Waals surface area contributed by atoms with Crippen LogP contribution in [0.1, 0.15) is 36.9 Å². The number of nitrogens with two attached hydrogens (primary N) is 1. The van der Waals surface area contributed by atoms with Crippen molar-refractivity contribution in [1.29, 1.82) is 0 Å². The minimum absolute atomic E-state index is 0.0314. The van der Waals surface area contributed by atoms with Crippen LogP contribution in [0.4, 0.5) is 4.79 Å². The Hall–Kier alpha value is -1.59. The highest BCUT2D eigenvalue weighted by Gasteiger charge is 2.34. The number of piperidine rings is 1. The summed E-state index contributed by atoms with van der Waals surface area (Å²) >= 11 is 0. The Morgan fingerprint density at radius 2 is 2.09 bits per heavy atom. The quantitative estimate of drug-likeness (QED) is 0.773. The zero-order chi connectivity index (χ0) is 15.7. The average molecular weight is 303 g/mol. The van der Waals surface area contributed by atoms with Crippen LogP contribution in [0.25, 0.3) is 0 Å². The number of urea groups is 1. The van der Waals surface area contributed by atoms with Crippen molar-refractivity contribution in [3.63, 3.8) is 0 Å². The Kier molecular flexibility index (Phi) is 4.10. The molecule has 0 spiro atoms. The molecule has 2 amide bonds. The molecule has 4 N–H and O–H groups in total. The first kappa shape index (κ1) is 15.3.